The summed E-state index contributed by atoms with van der Waals surface area (Å²) in [5.74, 6) is 0.580. The maximum Gasteiger partial charge on any atom is 0.246 e. The summed E-state index contributed by atoms with van der Waals surface area (Å²) in [6.07, 6.45) is 0.978. The Bertz CT molecular complexity index is 589. The Labute approximate surface area is 122 Å². The molecule has 1 saturated heterocycles. The first-order valence-corrected chi connectivity index (χ1v) is 7.14. The maximum atomic E-state index is 12.2. The number of amides is 1. The molecule has 110 valence electrons. The van der Waals surface area contributed by atoms with Gasteiger partial charge in [-0.15, -0.1) is 10.2 Å². The molecule has 1 aliphatic rings. The molecule has 1 aromatic heterocycles. The monoisotopic (exact) mass is 286 g/mol. The molecule has 1 aliphatic heterocycles. The van der Waals surface area contributed by atoms with Crippen LogP contribution in [0.4, 0.5) is 0 Å². The molecule has 1 fully saturated rings. The van der Waals surface area contributed by atoms with E-state index in [1.54, 1.807) is 0 Å². The van der Waals surface area contributed by atoms with Gasteiger partial charge in [-0.05, 0) is 18.2 Å². The van der Waals surface area contributed by atoms with Gasteiger partial charge in [-0.1, -0.05) is 30.3 Å². The van der Waals surface area contributed by atoms with Crippen LogP contribution in [-0.4, -0.2) is 57.2 Å². The molecule has 21 heavy (non-hydrogen) atoms. The predicted molar refractivity (Wildman–Crippen MR) is 77.3 cm³/mol. The number of carbonyl (C=O) groups is 1. The molecule has 0 radical (unpaired) electrons. The molecular weight excluding hydrogens is 268 g/mol. The smallest absolute Gasteiger partial charge is 0.246 e. The molecule has 7 heteroatoms. The lowest BCUT2D eigenvalue weighted by Crippen LogP contribution is -2.36. The van der Waals surface area contributed by atoms with Crippen molar-refractivity contribution in [3.8, 4) is 11.4 Å². The quantitative estimate of drug-likeness (QED) is 0.870. The van der Waals surface area contributed by atoms with Crippen molar-refractivity contribution in [2.24, 2.45) is 0 Å². The normalized spacial score (nSPS) is 15.7. The summed E-state index contributed by atoms with van der Waals surface area (Å²) in [4.78, 5) is 15.5. The van der Waals surface area contributed by atoms with Crippen molar-refractivity contribution in [2.45, 2.75) is 13.0 Å². The van der Waals surface area contributed by atoms with E-state index in [2.05, 4.69) is 20.7 Å². The van der Waals surface area contributed by atoms with Gasteiger partial charge in [-0.3, -0.25) is 4.79 Å². The molecule has 7 nitrogen and oxygen atoms in total. The van der Waals surface area contributed by atoms with Crippen molar-refractivity contribution in [3.05, 3.63) is 30.3 Å². The molecule has 0 bridgehead atoms. The summed E-state index contributed by atoms with van der Waals surface area (Å²) in [6, 6.07) is 9.62. The van der Waals surface area contributed by atoms with E-state index >= 15 is 0 Å². The highest BCUT2D eigenvalue weighted by molar-refractivity contribution is 5.75. The third-order valence-electron chi connectivity index (χ3n) is 3.45. The number of hydrogen-bond acceptors (Lipinski definition) is 5. The summed E-state index contributed by atoms with van der Waals surface area (Å²) in [7, 11) is 0. The largest absolute Gasteiger partial charge is 0.340 e. The van der Waals surface area contributed by atoms with Crippen LogP contribution in [0.25, 0.3) is 11.4 Å². The van der Waals surface area contributed by atoms with Crippen LogP contribution in [0.5, 0.6) is 0 Å². The lowest BCUT2D eigenvalue weighted by atomic mass is 10.2. The van der Waals surface area contributed by atoms with Gasteiger partial charge in [0.2, 0.25) is 11.7 Å². The second-order valence-electron chi connectivity index (χ2n) is 4.99. The fourth-order valence-corrected chi connectivity index (χ4v) is 2.33. The summed E-state index contributed by atoms with van der Waals surface area (Å²) in [5, 5.41) is 15.5. The van der Waals surface area contributed by atoms with E-state index in [0.29, 0.717) is 5.82 Å². The minimum Gasteiger partial charge on any atom is -0.340 e. The van der Waals surface area contributed by atoms with Gasteiger partial charge in [0.1, 0.15) is 6.54 Å². The zero-order chi connectivity index (χ0) is 14.5. The van der Waals surface area contributed by atoms with E-state index in [9.17, 15) is 4.79 Å². The van der Waals surface area contributed by atoms with Gasteiger partial charge in [0, 0.05) is 25.2 Å². The minimum atomic E-state index is 0.0377. The summed E-state index contributed by atoms with van der Waals surface area (Å²) in [6.45, 7) is 3.46. The average molecular weight is 286 g/mol. The zero-order valence-electron chi connectivity index (χ0n) is 11.8. The highest BCUT2D eigenvalue weighted by atomic mass is 16.2. The first kappa shape index (κ1) is 13.7. The highest BCUT2D eigenvalue weighted by Crippen LogP contribution is 2.11. The molecule has 0 atom stereocenters. The van der Waals surface area contributed by atoms with E-state index in [1.807, 2.05) is 35.2 Å². The van der Waals surface area contributed by atoms with Crippen LogP contribution in [0, 0.1) is 0 Å². The zero-order valence-corrected chi connectivity index (χ0v) is 11.8. The number of benzene rings is 1. The Balaban J connectivity index is 1.65. The molecule has 1 N–H and O–H groups in total. The van der Waals surface area contributed by atoms with Crippen LogP contribution in [0.15, 0.2) is 30.3 Å². The van der Waals surface area contributed by atoms with Gasteiger partial charge in [-0.2, -0.15) is 4.80 Å². The fraction of sp³-hybridized carbons (Fsp3) is 0.429. The molecule has 2 heterocycles. The molecule has 1 aromatic carbocycles. The van der Waals surface area contributed by atoms with Crippen molar-refractivity contribution in [3.63, 3.8) is 0 Å². The molecule has 0 aliphatic carbocycles. The standard InChI is InChI=1S/C14H18N6O/c21-13(19-9-4-7-15-8-10-19)11-20-17-14(16-18-20)12-5-2-1-3-6-12/h1-3,5-6,15H,4,7-11H2. The van der Waals surface area contributed by atoms with Crippen LogP contribution >= 0.6 is 0 Å². The van der Waals surface area contributed by atoms with E-state index in [4.69, 9.17) is 0 Å². The van der Waals surface area contributed by atoms with Crippen LogP contribution in [0.3, 0.4) is 0 Å². The van der Waals surface area contributed by atoms with Crippen molar-refractivity contribution in [2.75, 3.05) is 26.2 Å². The number of nitrogens with one attached hydrogen (secondary N) is 1. The van der Waals surface area contributed by atoms with E-state index in [-0.39, 0.29) is 12.5 Å². The first-order valence-electron chi connectivity index (χ1n) is 7.14. The van der Waals surface area contributed by atoms with Crippen LogP contribution < -0.4 is 5.32 Å². The topological polar surface area (TPSA) is 75.9 Å². The number of hydrogen-bond donors (Lipinski definition) is 1. The molecular formula is C14H18N6O. The molecule has 0 unspecified atom stereocenters. The minimum absolute atomic E-state index is 0.0377. The summed E-state index contributed by atoms with van der Waals surface area (Å²) >= 11 is 0. The van der Waals surface area contributed by atoms with Crippen molar-refractivity contribution >= 4 is 5.91 Å². The maximum absolute atomic E-state index is 12.2. The average Bonchev–Trinajstić information content (AvgIpc) is 2.81. The van der Waals surface area contributed by atoms with Crippen molar-refractivity contribution in [1.29, 1.82) is 0 Å². The lowest BCUT2D eigenvalue weighted by molar-refractivity contribution is -0.132. The van der Waals surface area contributed by atoms with Gasteiger partial charge < -0.3 is 10.2 Å². The second kappa shape index (κ2) is 6.45. The highest BCUT2D eigenvalue weighted by Gasteiger charge is 2.17. The van der Waals surface area contributed by atoms with E-state index < -0.39 is 0 Å². The molecule has 1 amide bonds. The lowest BCUT2D eigenvalue weighted by Gasteiger charge is -2.19. The van der Waals surface area contributed by atoms with Crippen molar-refractivity contribution in [1.82, 2.24) is 30.4 Å². The number of tetrazole rings is 1. The van der Waals surface area contributed by atoms with E-state index in [1.165, 1.54) is 4.80 Å². The summed E-state index contributed by atoms with van der Waals surface area (Å²) < 4.78 is 0. The third-order valence-corrected chi connectivity index (χ3v) is 3.45. The number of nitrogens with zero attached hydrogens (tertiary/aromatic N) is 5. The third kappa shape index (κ3) is 3.43. The number of aromatic nitrogens is 4. The van der Waals surface area contributed by atoms with E-state index in [0.717, 1.165) is 38.2 Å². The molecule has 2 aromatic rings. The Hall–Kier alpha value is -2.28. The fourth-order valence-electron chi connectivity index (χ4n) is 2.33. The first-order chi connectivity index (χ1) is 10.3. The summed E-state index contributed by atoms with van der Waals surface area (Å²) in [5.41, 5.74) is 0.898. The van der Waals surface area contributed by atoms with Crippen LogP contribution in [-0.2, 0) is 11.3 Å². The molecule has 3 rings (SSSR count). The molecule has 0 spiro atoms. The Morgan fingerprint density at radius 2 is 2.05 bits per heavy atom. The Morgan fingerprint density at radius 3 is 2.90 bits per heavy atom. The van der Waals surface area contributed by atoms with Crippen LogP contribution in [0.1, 0.15) is 6.42 Å². The van der Waals surface area contributed by atoms with Gasteiger partial charge >= 0.3 is 0 Å². The van der Waals surface area contributed by atoms with Gasteiger partial charge in [-0.25, -0.2) is 0 Å². The second-order valence-corrected chi connectivity index (χ2v) is 4.99. The Morgan fingerprint density at radius 1 is 1.19 bits per heavy atom. The SMILES string of the molecule is O=C(Cn1nnc(-c2ccccc2)n1)N1CCCNCC1. The van der Waals surface area contributed by atoms with Gasteiger partial charge in [0.25, 0.3) is 0 Å². The number of rotatable bonds is 3. The number of carbonyl (C=O) groups excluding carboxylic acids is 1. The van der Waals surface area contributed by atoms with Crippen molar-refractivity contribution < 1.29 is 4.79 Å². The Kier molecular flexibility index (Phi) is 4.20. The van der Waals surface area contributed by atoms with Gasteiger partial charge in [0.05, 0.1) is 0 Å². The molecule has 0 saturated carbocycles. The van der Waals surface area contributed by atoms with Gasteiger partial charge in [0.15, 0.2) is 0 Å². The predicted octanol–water partition coefficient (Wildman–Crippen LogP) is 0.162. The van der Waals surface area contributed by atoms with Crippen LogP contribution in [0.2, 0.25) is 0 Å².